The molecule has 0 atom stereocenters. The lowest BCUT2D eigenvalue weighted by atomic mass is 10.2. The average Bonchev–Trinajstić information content (AvgIpc) is 3.38. The van der Waals surface area contributed by atoms with E-state index in [9.17, 15) is 14.9 Å². The smallest absolute Gasteiger partial charge is 0.358 e. The lowest BCUT2D eigenvalue weighted by molar-refractivity contribution is -0.389. The topological polar surface area (TPSA) is 94.2 Å². The second-order valence-electron chi connectivity index (χ2n) is 6.46. The number of hydrogen-bond donors (Lipinski definition) is 0. The number of para-hydroxylation sites is 1. The number of aromatic nitrogens is 3. The molecule has 0 fully saturated rings. The van der Waals surface area contributed by atoms with Crippen LogP contribution in [0.5, 0.6) is 0 Å². The minimum absolute atomic E-state index is 0.0888. The van der Waals surface area contributed by atoms with Crippen molar-refractivity contribution in [2.75, 3.05) is 11.9 Å². The molecule has 0 N–H and O–H groups in total. The molecule has 0 unspecified atom stereocenters. The van der Waals surface area contributed by atoms with E-state index in [0.29, 0.717) is 6.54 Å². The first-order chi connectivity index (χ1) is 14.0. The van der Waals surface area contributed by atoms with Gasteiger partial charge in [0.1, 0.15) is 11.2 Å². The number of hydrogen-bond acceptors (Lipinski definition) is 6. The highest BCUT2D eigenvalue weighted by Gasteiger charge is 2.14. The number of thiazole rings is 1. The minimum atomic E-state index is -0.558. The van der Waals surface area contributed by atoms with Gasteiger partial charge in [0.05, 0.1) is 10.2 Å². The Kier molecular flexibility index (Phi) is 5.05. The lowest BCUT2D eigenvalue weighted by Crippen LogP contribution is -2.26. The summed E-state index contributed by atoms with van der Waals surface area (Å²) in [5.74, 6) is -0.315. The first-order valence-electron chi connectivity index (χ1n) is 8.90. The Balaban J connectivity index is 1.42. The summed E-state index contributed by atoms with van der Waals surface area (Å²) in [6.07, 6.45) is 2.89. The van der Waals surface area contributed by atoms with Gasteiger partial charge in [-0.1, -0.05) is 12.1 Å². The van der Waals surface area contributed by atoms with Gasteiger partial charge in [0.2, 0.25) is 12.2 Å². The number of benzene rings is 2. The fourth-order valence-corrected chi connectivity index (χ4v) is 3.90. The van der Waals surface area contributed by atoms with Gasteiger partial charge in [-0.25, -0.2) is 4.98 Å². The molecule has 0 aliphatic carbocycles. The first-order valence-corrected chi connectivity index (χ1v) is 9.71. The molecule has 0 bridgehead atoms. The number of imidazole rings is 1. The van der Waals surface area contributed by atoms with Crippen molar-refractivity contribution >= 4 is 39.0 Å². The van der Waals surface area contributed by atoms with E-state index in [-0.39, 0.29) is 18.1 Å². The second-order valence-corrected chi connectivity index (χ2v) is 7.49. The van der Waals surface area contributed by atoms with Crippen molar-refractivity contribution < 1.29 is 9.72 Å². The summed E-state index contributed by atoms with van der Waals surface area (Å²) in [7, 11) is 1.71. The van der Waals surface area contributed by atoms with Gasteiger partial charge in [-0.15, -0.1) is 11.3 Å². The van der Waals surface area contributed by atoms with Gasteiger partial charge >= 0.3 is 5.82 Å². The van der Waals surface area contributed by atoms with Crippen LogP contribution in [0.1, 0.15) is 6.42 Å². The van der Waals surface area contributed by atoms with Crippen molar-refractivity contribution in [3.63, 3.8) is 0 Å². The van der Waals surface area contributed by atoms with Crippen LogP contribution in [0.15, 0.2) is 61.1 Å². The molecule has 4 rings (SSSR count). The number of carbonyl (C=O) groups is 1. The van der Waals surface area contributed by atoms with Crippen LogP contribution in [0, 0.1) is 10.1 Å². The summed E-state index contributed by atoms with van der Waals surface area (Å²) in [5.41, 5.74) is 2.75. The van der Waals surface area contributed by atoms with Crippen molar-refractivity contribution in [3.05, 3.63) is 71.2 Å². The molecular formula is C20H17N5O3S. The van der Waals surface area contributed by atoms with E-state index in [1.807, 2.05) is 48.5 Å². The standard InChI is InChI=1S/C20H17N5O3S/c1-23(19(26)10-11-24-12-18(21-13-24)25(27)28)15-8-6-14(7-9-15)20-22-16-4-2-3-5-17(16)29-20/h2-9,12-13H,10-11H2,1H3. The van der Waals surface area contributed by atoms with Crippen LogP contribution in [0.4, 0.5) is 11.5 Å². The molecule has 4 aromatic rings. The molecule has 0 saturated heterocycles. The van der Waals surface area contributed by atoms with Crippen LogP contribution in [0.25, 0.3) is 20.8 Å². The molecule has 9 heteroatoms. The summed E-state index contributed by atoms with van der Waals surface area (Å²) >= 11 is 1.63. The molecule has 2 aromatic heterocycles. The summed E-state index contributed by atoms with van der Waals surface area (Å²) < 4.78 is 2.68. The maximum Gasteiger partial charge on any atom is 0.381 e. The molecule has 0 aliphatic heterocycles. The molecule has 2 heterocycles. The number of carbonyl (C=O) groups excluding carboxylic acids is 1. The average molecular weight is 407 g/mol. The zero-order chi connectivity index (χ0) is 20.4. The molecular weight excluding hydrogens is 390 g/mol. The van der Waals surface area contributed by atoms with E-state index >= 15 is 0 Å². The highest BCUT2D eigenvalue weighted by molar-refractivity contribution is 7.21. The van der Waals surface area contributed by atoms with E-state index in [1.165, 1.54) is 12.5 Å². The van der Waals surface area contributed by atoms with E-state index in [4.69, 9.17) is 0 Å². The SMILES string of the molecule is CN(C(=O)CCn1cnc([N+](=O)[O-])c1)c1ccc(-c2nc3ccccc3s2)cc1. The van der Waals surface area contributed by atoms with Crippen molar-refractivity contribution in [2.45, 2.75) is 13.0 Å². The van der Waals surface area contributed by atoms with Crippen LogP contribution in [0.3, 0.4) is 0 Å². The van der Waals surface area contributed by atoms with E-state index in [2.05, 4.69) is 9.97 Å². The predicted molar refractivity (Wildman–Crippen MR) is 112 cm³/mol. The van der Waals surface area contributed by atoms with Gasteiger partial charge in [0.15, 0.2) is 0 Å². The Morgan fingerprint density at radius 1 is 1.21 bits per heavy atom. The molecule has 146 valence electrons. The number of anilines is 1. The maximum atomic E-state index is 12.5. The van der Waals surface area contributed by atoms with Crippen LogP contribution >= 0.6 is 11.3 Å². The number of amides is 1. The van der Waals surface area contributed by atoms with Gasteiger partial charge in [0, 0.05) is 31.3 Å². The third-order valence-electron chi connectivity index (χ3n) is 4.56. The quantitative estimate of drug-likeness (QED) is 0.354. The summed E-state index contributed by atoms with van der Waals surface area (Å²) in [5, 5.41) is 11.6. The molecule has 29 heavy (non-hydrogen) atoms. The molecule has 0 saturated carbocycles. The lowest BCUT2D eigenvalue weighted by Gasteiger charge is -2.17. The highest BCUT2D eigenvalue weighted by atomic mass is 32.1. The van der Waals surface area contributed by atoms with Gasteiger partial charge < -0.3 is 19.6 Å². The Hall–Kier alpha value is -3.59. The highest BCUT2D eigenvalue weighted by Crippen LogP contribution is 2.31. The Morgan fingerprint density at radius 3 is 2.66 bits per heavy atom. The Bertz CT molecular complexity index is 1150. The number of rotatable bonds is 6. The van der Waals surface area contributed by atoms with Gasteiger partial charge in [-0.3, -0.25) is 4.79 Å². The first kappa shape index (κ1) is 18.8. The normalized spacial score (nSPS) is 10.9. The summed E-state index contributed by atoms with van der Waals surface area (Å²) in [6.45, 7) is 0.327. The maximum absolute atomic E-state index is 12.5. The second kappa shape index (κ2) is 7.80. The third-order valence-corrected chi connectivity index (χ3v) is 5.65. The van der Waals surface area contributed by atoms with E-state index < -0.39 is 4.92 Å². The number of nitrogens with zero attached hydrogens (tertiary/aromatic N) is 5. The van der Waals surface area contributed by atoms with Crippen LogP contribution < -0.4 is 4.90 Å². The van der Waals surface area contributed by atoms with Gasteiger partial charge in [-0.2, -0.15) is 0 Å². The van der Waals surface area contributed by atoms with Crippen molar-refractivity contribution in [2.24, 2.45) is 0 Å². The molecule has 8 nitrogen and oxygen atoms in total. The molecule has 0 aliphatic rings. The number of nitro groups is 1. The molecule has 0 spiro atoms. The van der Waals surface area contributed by atoms with E-state index in [1.54, 1.807) is 27.9 Å². The fraction of sp³-hybridized carbons (Fsp3) is 0.150. The Labute approximate surface area is 170 Å². The van der Waals surface area contributed by atoms with E-state index in [0.717, 1.165) is 26.5 Å². The number of aryl methyl sites for hydroxylation is 1. The van der Waals surface area contributed by atoms with Crippen molar-refractivity contribution in [3.8, 4) is 10.6 Å². The van der Waals surface area contributed by atoms with Crippen molar-refractivity contribution in [1.29, 1.82) is 0 Å². The van der Waals surface area contributed by atoms with Crippen LogP contribution in [0.2, 0.25) is 0 Å². The predicted octanol–water partition coefficient (Wildman–Crippen LogP) is 4.12. The summed E-state index contributed by atoms with van der Waals surface area (Å²) in [6, 6.07) is 15.7. The summed E-state index contributed by atoms with van der Waals surface area (Å²) in [4.78, 5) is 32.5. The zero-order valence-corrected chi connectivity index (χ0v) is 16.4. The van der Waals surface area contributed by atoms with Crippen molar-refractivity contribution in [1.82, 2.24) is 14.5 Å². The third kappa shape index (κ3) is 3.99. The fourth-order valence-electron chi connectivity index (χ4n) is 2.92. The van der Waals surface area contributed by atoms with Gasteiger partial charge in [-0.05, 0) is 46.3 Å². The number of fused-ring (bicyclic) bond motifs is 1. The monoisotopic (exact) mass is 407 g/mol. The minimum Gasteiger partial charge on any atom is -0.358 e. The molecule has 1 amide bonds. The largest absolute Gasteiger partial charge is 0.381 e. The molecule has 2 aromatic carbocycles. The zero-order valence-electron chi connectivity index (χ0n) is 15.6. The Morgan fingerprint density at radius 2 is 1.97 bits per heavy atom. The van der Waals surface area contributed by atoms with Gasteiger partial charge in [0.25, 0.3) is 0 Å². The molecule has 0 radical (unpaired) electrons. The van der Waals surface area contributed by atoms with Crippen LogP contribution in [-0.2, 0) is 11.3 Å². The van der Waals surface area contributed by atoms with Crippen LogP contribution in [-0.4, -0.2) is 32.4 Å².